The number of H-pyrrole nitrogens is 1. The van der Waals surface area contributed by atoms with Crippen LogP contribution in [0.2, 0.25) is 0 Å². The number of halogens is 1. The second kappa shape index (κ2) is 5.49. The van der Waals surface area contributed by atoms with E-state index in [1.54, 1.807) is 13.8 Å². The van der Waals surface area contributed by atoms with Gasteiger partial charge in [-0.1, -0.05) is 15.9 Å². The van der Waals surface area contributed by atoms with Gasteiger partial charge in [-0.3, -0.25) is 9.59 Å². The Morgan fingerprint density at radius 2 is 1.83 bits per heavy atom. The molecule has 0 aliphatic rings. The van der Waals surface area contributed by atoms with Crippen molar-refractivity contribution in [2.75, 3.05) is 0 Å². The summed E-state index contributed by atoms with van der Waals surface area (Å²) in [6.45, 7) is 6.94. The molecule has 0 aliphatic heterocycles. The van der Waals surface area contributed by atoms with E-state index in [9.17, 15) is 9.59 Å². The molecule has 0 saturated carbocycles. The summed E-state index contributed by atoms with van der Waals surface area (Å²) in [5.74, 6) is 0.0148. The maximum atomic E-state index is 12.9. The number of rotatable bonds is 3. The standard InChI is InChI=1S/C18H16BrNO3/c1-8-13-7-12(19)5-6-14(13)23-18(8)17(22)16-9(2)15(11(4)21)10(3)20-16/h5-7,20H,1-4H3. The first-order valence-electron chi connectivity index (χ1n) is 7.24. The van der Waals surface area contributed by atoms with E-state index in [-0.39, 0.29) is 11.6 Å². The number of hydrogen-bond donors (Lipinski definition) is 1. The Morgan fingerprint density at radius 1 is 1.13 bits per heavy atom. The Kier molecular flexibility index (Phi) is 3.76. The Balaban J connectivity index is 2.17. The van der Waals surface area contributed by atoms with Crippen LogP contribution in [0.5, 0.6) is 0 Å². The highest BCUT2D eigenvalue weighted by Gasteiger charge is 2.25. The fourth-order valence-corrected chi connectivity index (χ4v) is 3.39. The van der Waals surface area contributed by atoms with Crippen molar-refractivity contribution in [1.82, 2.24) is 4.98 Å². The molecule has 3 aromatic rings. The van der Waals surface area contributed by atoms with Crippen LogP contribution in [0.3, 0.4) is 0 Å². The Hall–Kier alpha value is -2.14. The van der Waals surface area contributed by atoms with Gasteiger partial charge in [0.2, 0.25) is 5.78 Å². The van der Waals surface area contributed by atoms with Gasteiger partial charge in [-0.05, 0) is 51.5 Å². The molecule has 5 heteroatoms. The molecule has 0 radical (unpaired) electrons. The molecule has 0 amide bonds. The topological polar surface area (TPSA) is 63.1 Å². The van der Waals surface area contributed by atoms with E-state index in [4.69, 9.17) is 4.42 Å². The number of carbonyl (C=O) groups is 2. The number of aromatic nitrogens is 1. The van der Waals surface area contributed by atoms with Gasteiger partial charge in [0, 0.05) is 26.7 Å². The fraction of sp³-hybridized carbons (Fsp3) is 0.222. The SMILES string of the molecule is CC(=O)c1c(C)[nH]c(C(=O)c2oc3ccc(Br)cc3c2C)c1C. The Morgan fingerprint density at radius 3 is 2.43 bits per heavy atom. The van der Waals surface area contributed by atoms with Crippen LogP contribution in [0.25, 0.3) is 11.0 Å². The first-order chi connectivity index (χ1) is 10.8. The number of carbonyl (C=O) groups excluding carboxylic acids is 2. The summed E-state index contributed by atoms with van der Waals surface area (Å²) in [4.78, 5) is 27.7. The highest BCUT2D eigenvalue weighted by molar-refractivity contribution is 9.10. The third-order valence-corrected chi connectivity index (χ3v) is 4.61. The molecule has 0 saturated heterocycles. The summed E-state index contributed by atoms with van der Waals surface area (Å²) in [6.07, 6.45) is 0. The largest absolute Gasteiger partial charge is 0.452 e. The van der Waals surface area contributed by atoms with Gasteiger partial charge in [-0.25, -0.2) is 0 Å². The van der Waals surface area contributed by atoms with Gasteiger partial charge in [0.05, 0.1) is 5.69 Å². The molecule has 0 spiro atoms. The van der Waals surface area contributed by atoms with Crippen LogP contribution >= 0.6 is 15.9 Å². The maximum Gasteiger partial charge on any atom is 0.244 e. The molecule has 0 unspecified atom stereocenters. The number of ketones is 2. The third-order valence-electron chi connectivity index (χ3n) is 4.12. The second-order valence-corrected chi connectivity index (χ2v) is 6.62. The lowest BCUT2D eigenvalue weighted by Gasteiger charge is -1.99. The number of aryl methyl sites for hydroxylation is 2. The van der Waals surface area contributed by atoms with E-state index in [0.29, 0.717) is 33.9 Å². The van der Waals surface area contributed by atoms with Gasteiger partial charge in [-0.15, -0.1) is 0 Å². The van der Waals surface area contributed by atoms with Crippen LogP contribution < -0.4 is 0 Å². The molecular formula is C18H16BrNO3. The molecule has 2 aromatic heterocycles. The maximum absolute atomic E-state index is 12.9. The summed E-state index contributed by atoms with van der Waals surface area (Å²) < 4.78 is 6.69. The second-order valence-electron chi connectivity index (χ2n) is 5.71. The van der Waals surface area contributed by atoms with Crippen LogP contribution in [0, 0.1) is 20.8 Å². The fourth-order valence-electron chi connectivity index (χ4n) is 3.03. The van der Waals surface area contributed by atoms with Gasteiger partial charge in [0.25, 0.3) is 0 Å². The van der Waals surface area contributed by atoms with Crippen molar-refractivity contribution in [3.63, 3.8) is 0 Å². The molecule has 1 N–H and O–H groups in total. The molecule has 1 aromatic carbocycles. The quantitative estimate of drug-likeness (QED) is 0.665. The minimum Gasteiger partial charge on any atom is -0.452 e. The lowest BCUT2D eigenvalue weighted by Crippen LogP contribution is -2.04. The van der Waals surface area contributed by atoms with E-state index in [2.05, 4.69) is 20.9 Å². The first-order valence-corrected chi connectivity index (χ1v) is 8.04. The number of Topliss-reactive ketones (excluding diaryl/α,β-unsaturated/α-hetero) is 1. The normalized spacial score (nSPS) is 11.2. The minimum absolute atomic E-state index is 0.0550. The molecule has 3 rings (SSSR count). The molecule has 0 aliphatic carbocycles. The third kappa shape index (κ3) is 2.45. The smallest absolute Gasteiger partial charge is 0.244 e. The van der Waals surface area contributed by atoms with Crippen molar-refractivity contribution in [3.05, 3.63) is 56.5 Å². The van der Waals surface area contributed by atoms with Gasteiger partial charge in [-0.2, -0.15) is 0 Å². The van der Waals surface area contributed by atoms with E-state index < -0.39 is 0 Å². The molecule has 0 atom stereocenters. The predicted octanol–water partition coefficient (Wildman–Crippen LogP) is 4.88. The summed E-state index contributed by atoms with van der Waals surface area (Å²) in [5.41, 5.74) is 3.82. The van der Waals surface area contributed by atoms with E-state index in [0.717, 1.165) is 15.4 Å². The molecule has 23 heavy (non-hydrogen) atoms. The number of nitrogens with one attached hydrogen (secondary N) is 1. The molecule has 0 fully saturated rings. The van der Waals surface area contributed by atoms with Crippen molar-refractivity contribution < 1.29 is 14.0 Å². The average Bonchev–Trinajstić information content (AvgIpc) is 2.96. The zero-order valence-electron chi connectivity index (χ0n) is 13.3. The summed E-state index contributed by atoms with van der Waals surface area (Å²) in [7, 11) is 0. The summed E-state index contributed by atoms with van der Waals surface area (Å²) in [5, 5.41) is 0.899. The van der Waals surface area contributed by atoms with Gasteiger partial charge in [0.1, 0.15) is 5.58 Å². The summed E-state index contributed by atoms with van der Waals surface area (Å²) >= 11 is 3.43. The van der Waals surface area contributed by atoms with Crippen LogP contribution in [-0.2, 0) is 0 Å². The van der Waals surface area contributed by atoms with E-state index in [1.807, 2.05) is 25.1 Å². The first kappa shape index (κ1) is 15.7. The Labute approximate surface area is 142 Å². The van der Waals surface area contributed by atoms with Gasteiger partial charge in [0.15, 0.2) is 11.5 Å². The van der Waals surface area contributed by atoms with Crippen molar-refractivity contribution in [2.45, 2.75) is 27.7 Å². The molecule has 4 nitrogen and oxygen atoms in total. The average molecular weight is 374 g/mol. The van der Waals surface area contributed by atoms with Crippen molar-refractivity contribution >= 4 is 38.5 Å². The zero-order chi connectivity index (χ0) is 16.9. The molecule has 0 bridgehead atoms. The number of aromatic amines is 1. The van der Waals surface area contributed by atoms with Crippen molar-refractivity contribution in [3.8, 4) is 0 Å². The monoisotopic (exact) mass is 373 g/mol. The predicted molar refractivity (Wildman–Crippen MR) is 92.4 cm³/mol. The van der Waals surface area contributed by atoms with E-state index in [1.165, 1.54) is 6.92 Å². The van der Waals surface area contributed by atoms with Crippen LogP contribution in [-0.4, -0.2) is 16.6 Å². The zero-order valence-corrected chi connectivity index (χ0v) is 14.9. The lowest BCUT2D eigenvalue weighted by molar-refractivity contribution is 0.100. The van der Waals surface area contributed by atoms with Gasteiger partial charge >= 0.3 is 0 Å². The molecular weight excluding hydrogens is 358 g/mol. The number of hydrogen-bond acceptors (Lipinski definition) is 3. The Bertz CT molecular complexity index is 962. The van der Waals surface area contributed by atoms with Crippen LogP contribution in [0.15, 0.2) is 27.1 Å². The van der Waals surface area contributed by atoms with Gasteiger partial charge < -0.3 is 9.40 Å². The summed E-state index contributed by atoms with van der Waals surface area (Å²) in [6, 6.07) is 5.63. The highest BCUT2D eigenvalue weighted by atomic mass is 79.9. The number of benzene rings is 1. The van der Waals surface area contributed by atoms with Crippen molar-refractivity contribution in [1.29, 1.82) is 0 Å². The van der Waals surface area contributed by atoms with Crippen LogP contribution in [0.4, 0.5) is 0 Å². The molecule has 118 valence electrons. The lowest BCUT2D eigenvalue weighted by atomic mass is 10.0. The van der Waals surface area contributed by atoms with E-state index >= 15 is 0 Å². The van der Waals surface area contributed by atoms with Crippen LogP contribution in [0.1, 0.15) is 50.4 Å². The highest BCUT2D eigenvalue weighted by Crippen LogP contribution is 2.30. The minimum atomic E-state index is -0.233. The van der Waals surface area contributed by atoms with Crippen molar-refractivity contribution in [2.24, 2.45) is 0 Å². The number of furan rings is 1. The molecule has 2 heterocycles. The number of fused-ring (bicyclic) bond motifs is 1.